The third-order valence-corrected chi connectivity index (χ3v) is 3.79. The maximum atomic E-state index is 2.42. The highest BCUT2D eigenvalue weighted by atomic mass is 14.4. The summed E-state index contributed by atoms with van der Waals surface area (Å²) in [4.78, 5) is 0. The molecule has 1 unspecified atom stereocenters. The Morgan fingerprint density at radius 3 is 1.69 bits per heavy atom. The Bertz CT molecular complexity index is 131. The van der Waals surface area contributed by atoms with Crippen LogP contribution in [0, 0.1) is 23.2 Å². The second-order valence-corrected chi connectivity index (χ2v) is 5.71. The van der Waals surface area contributed by atoms with Gasteiger partial charge in [-0.1, -0.05) is 54.9 Å². The lowest BCUT2D eigenvalue weighted by atomic mass is 9.67. The van der Waals surface area contributed by atoms with E-state index in [1.165, 1.54) is 12.8 Å². The van der Waals surface area contributed by atoms with Crippen molar-refractivity contribution in [2.24, 2.45) is 23.2 Å². The van der Waals surface area contributed by atoms with Crippen LogP contribution in [0.25, 0.3) is 0 Å². The van der Waals surface area contributed by atoms with Gasteiger partial charge in [0.15, 0.2) is 0 Å². The molecule has 0 heterocycles. The van der Waals surface area contributed by atoms with Gasteiger partial charge in [-0.05, 0) is 29.6 Å². The maximum Gasteiger partial charge on any atom is -0.0303 e. The lowest BCUT2D eigenvalue weighted by molar-refractivity contribution is 0.113. The SMILES string of the molecule is CCC(CC(C)C)C(C)(C)C(C)C. The van der Waals surface area contributed by atoms with Gasteiger partial charge < -0.3 is 0 Å². The van der Waals surface area contributed by atoms with Crippen LogP contribution in [0.3, 0.4) is 0 Å². The molecule has 0 nitrogen and oxygen atoms in total. The first-order valence-electron chi connectivity index (χ1n) is 5.82. The lowest BCUT2D eigenvalue weighted by Gasteiger charge is -2.38. The summed E-state index contributed by atoms with van der Waals surface area (Å²) in [6.07, 6.45) is 2.70. The number of hydrogen-bond acceptors (Lipinski definition) is 0. The van der Waals surface area contributed by atoms with Gasteiger partial charge in [-0.25, -0.2) is 0 Å². The van der Waals surface area contributed by atoms with Crippen LogP contribution in [0.1, 0.15) is 61.3 Å². The quantitative estimate of drug-likeness (QED) is 0.579. The molecule has 0 spiro atoms. The fourth-order valence-corrected chi connectivity index (χ4v) is 2.04. The third kappa shape index (κ3) is 3.70. The van der Waals surface area contributed by atoms with E-state index in [2.05, 4.69) is 48.5 Å². The van der Waals surface area contributed by atoms with E-state index in [-0.39, 0.29) is 0 Å². The Hall–Kier alpha value is 0. The van der Waals surface area contributed by atoms with E-state index >= 15 is 0 Å². The smallest absolute Gasteiger partial charge is 0.0303 e. The summed E-state index contributed by atoms with van der Waals surface area (Å²) < 4.78 is 0. The fraction of sp³-hybridized carbons (Fsp3) is 1.00. The molecule has 0 heteroatoms. The normalized spacial score (nSPS) is 15.5. The summed E-state index contributed by atoms with van der Waals surface area (Å²) in [6, 6.07) is 0. The van der Waals surface area contributed by atoms with Gasteiger partial charge in [-0.3, -0.25) is 0 Å². The summed E-state index contributed by atoms with van der Waals surface area (Å²) in [6.45, 7) is 16.5. The van der Waals surface area contributed by atoms with Gasteiger partial charge in [0.2, 0.25) is 0 Å². The minimum atomic E-state index is 0.499. The summed E-state index contributed by atoms with van der Waals surface area (Å²) in [7, 11) is 0. The van der Waals surface area contributed by atoms with Crippen molar-refractivity contribution in [2.45, 2.75) is 61.3 Å². The predicted octanol–water partition coefficient (Wildman–Crippen LogP) is 4.74. The first-order valence-corrected chi connectivity index (χ1v) is 5.82. The van der Waals surface area contributed by atoms with Crippen LogP contribution >= 0.6 is 0 Å². The van der Waals surface area contributed by atoms with Crippen LogP contribution < -0.4 is 0 Å². The number of rotatable bonds is 5. The van der Waals surface area contributed by atoms with Crippen molar-refractivity contribution in [2.75, 3.05) is 0 Å². The van der Waals surface area contributed by atoms with Gasteiger partial charge in [0.05, 0.1) is 0 Å². The van der Waals surface area contributed by atoms with Crippen molar-refractivity contribution >= 4 is 0 Å². The molecule has 0 bridgehead atoms. The van der Waals surface area contributed by atoms with Gasteiger partial charge in [0, 0.05) is 0 Å². The van der Waals surface area contributed by atoms with Crippen LogP contribution in [0.2, 0.25) is 0 Å². The van der Waals surface area contributed by atoms with Gasteiger partial charge >= 0.3 is 0 Å². The van der Waals surface area contributed by atoms with Crippen molar-refractivity contribution < 1.29 is 0 Å². The molecule has 0 aromatic heterocycles. The van der Waals surface area contributed by atoms with Crippen LogP contribution in [-0.2, 0) is 0 Å². The molecule has 80 valence electrons. The van der Waals surface area contributed by atoms with E-state index in [9.17, 15) is 0 Å². The summed E-state index contributed by atoms with van der Waals surface area (Å²) >= 11 is 0. The standard InChI is InChI=1S/C13H28/c1-8-12(9-10(2)3)13(6,7)11(4)5/h10-12H,8-9H2,1-7H3. The highest BCUT2D eigenvalue weighted by Gasteiger charge is 2.31. The topological polar surface area (TPSA) is 0 Å². The molecule has 0 aliphatic carbocycles. The molecule has 0 saturated heterocycles. The zero-order chi connectivity index (χ0) is 10.6. The van der Waals surface area contributed by atoms with Crippen molar-refractivity contribution in [1.82, 2.24) is 0 Å². The fourth-order valence-electron chi connectivity index (χ4n) is 2.04. The van der Waals surface area contributed by atoms with E-state index < -0.39 is 0 Å². The second-order valence-electron chi connectivity index (χ2n) is 5.71. The van der Waals surface area contributed by atoms with E-state index in [0.717, 1.165) is 17.8 Å². The van der Waals surface area contributed by atoms with E-state index in [0.29, 0.717) is 5.41 Å². The largest absolute Gasteiger partial charge is 0.0651 e. The Labute approximate surface area is 85.1 Å². The second kappa shape index (κ2) is 5.02. The minimum absolute atomic E-state index is 0.499. The molecule has 0 N–H and O–H groups in total. The number of hydrogen-bond donors (Lipinski definition) is 0. The first kappa shape index (κ1) is 13.0. The molecule has 13 heavy (non-hydrogen) atoms. The molecule has 0 rings (SSSR count). The first-order chi connectivity index (χ1) is 5.82. The Morgan fingerprint density at radius 1 is 1.00 bits per heavy atom. The zero-order valence-corrected chi connectivity index (χ0v) is 10.6. The highest BCUT2D eigenvalue weighted by Crippen LogP contribution is 2.40. The summed E-state index contributed by atoms with van der Waals surface area (Å²) in [5, 5.41) is 0. The Kier molecular flexibility index (Phi) is 5.02. The van der Waals surface area contributed by atoms with Crippen molar-refractivity contribution in [3.05, 3.63) is 0 Å². The van der Waals surface area contributed by atoms with Crippen LogP contribution in [0.15, 0.2) is 0 Å². The molecule has 0 saturated carbocycles. The van der Waals surface area contributed by atoms with Crippen molar-refractivity contribution in [3.63, 3.8) is 0 Å². The molecular formula is C13H28. The average molecular weight is 184 g/mol. The van der Waals surface area contributed by atoms with Crippen molar-refractivity contribution in [3.8, 4) is 0 Å². The highest BCUT2D eigenvalue weighted by molar-refractivity contribution is 4.80. The molecule has 0 aliphatic heterocycles. The molecule has 0 fully saturated rings. The summed E-state index contributed by atoms with van der Waals surface area (Å²) in [5.41, 5.74) is 0.499. The monoisotopic (exact) mass is 184 g/mol. The van der Waals surface area contributed by atoms with E-state index in [1.54, 1.807) is 0 Å². The molecule has 0 aliphatic rings. The van der Waals surface area contributed by atoms with E-state index in [1.807, 2.05) is 0 Å². The lowest BCUT2D eigenvalue weighted by Crippen LogP contribution is -2.30. The molecular weight excluding hydrogens is 156 g/mol. The minimum Gasteiger partial charge on any atom is -0.0651 e. The third-order valence-electron chi connectivity index (χ3n) is 3.79. The van der Waals surface area contributed by atoms with Crippen LogP contribution in [-0.4, -0.2) is 0 Å². The molecule has 1 atom stereocenters. The van der Waals surface area contributed by atoms with Crippen molar-refractivity contribution in [1.29, 1.82) is 0 Å². The molecule has 0 radical (unpaired) electrons. The maximum absolute atomic E-state index is 2.42. The summed E-state index contributed by atoms with van der Waals surface area (Å²) in [5.74, 6) is 2.51. The Balaban J connectivity index is 4.37. The van der Waals surface area contributed by atoms with Gasteiger partial charge in [-0.15, -0.1) is 0 Å². The molecule has 0 aromatic carbocycles. The van der Waals surface area contributed by atoms with Crippen LogP contribution in [0.5, 0.6) is 0 Å². The molecule has 0 aromatic rings. The van der Waals surface area contributed by atoms with Gasteiger partial charge in [0.1, 0.15) is 0 Å². The average Bonchev–Trinajstić information content (AvgIpc) is 1.99. The predicted molar refractivity (Wildman–Crippen MR) is 61.9 cm³/mol. The Morgan fingerprint density at radius 2 is 1.46 bits per heavy atom. The van der Waals surface area contributed by atoms with E-state index in [4.69, 9.17) is 0 Å². The van der Waals surface area contributed by atoms with Crippen LogP contribution in [0.4, 0.5) is 0 Å². The molecule has 0 amide bonds. The van der Waals surface area contributed by atoms with Gasteiger partial charge in [-0.2, -0.15) is 0 Å². The zero-order valence-electron chi connectivity index (χ0n) is 10.6. The van der Waals surface area contributed by atoms with Gasteiger partial charge in [0.25, 0.3) is 0 Å².